The summed E-state index contributed by atoms with van der Waals surface area (Å²) in [5.74, 6) is -0.438. The highest BCUT2D eigenvalue weighted by Crippen LogP contribution is 2.33. The molecule has 1 unspecified atom stereocenters. The van der Waals surface area contributed by atoms with E-state index in [1.54, 1.807) is 30.1 Å². The topological polar surface area (TPSA) is 98.3 Å². The van der Waals surface area contributed by atoms with Crippen LogP contribution in [0.5, 0.6) is 0 Å². The monoisotopic (exact) mass is 368 g/mol. The molecular formula is C20H24N4O3. The molecule has 27 heavy (non-hydrogen) atoms. The number of carbonyl (C=O) groups is 2. The van der Waals surface area contributed by atoms with Crippen molar-refractivity contribution in [3.8, 4) is 11.3 Å². The van der Waals surface area contributed by atoms with Gasteiger partial charge in [-0.15, -0.1) is 0 Å². The minimum absolute atomic E-state index is 0.103. The van der Waals surface area contributed by atoms with Crippen molar-refractivity contribution >= 4 is 11.8 Å². The van der Waals surface area contributed by atoms with Crippen molar-refractivity contribution in [2.24, 2.45) is 18.2 Å². The molecule has 0 radical (unpaired) electrons. The van der Waals surface area contributed by atoms with Crippen LogP contribution in [0.1, 0.15) is 36.5 Å². The molecule has 1 fully saturated rings. The van der Waals surface area contributed by atoms with Crippen molar-refractivity contribution in [3.63, 3.8) is 0 Å². The van der Waals surface area contributed by atoms with Gasteiger partial charge in [0.15, 0.2) is 0 Å². The summed E-state index contributed by atoms with van der Waals surface area (Å²) in [4.78, 5) is 38.0. The van der Waals surface area contributed by atoms with Crippen molar-refractivity contribution in [2.45, 2.75) is 26.2 Å². The van der Waals surface area contributed by atoms with Crippen molar-refractivity contribution in [1.82, 2.24) is 14.7 Å². The van der Waals surface area contributed by atoms with E-state index in [4.69, 9.17) is 5.73 Å². The third-order valence-corrected chi connectivity index (χ3v) is 5.45. The third kappa shape index (κ3) is 3.63. The Morgan fingerprint density at radius 3 is 2.48 bits per heavy atom. The predicted molar refractivity (Wildman–Crippen MR) is 102 cm³/mol. The first kappa shape index (κ1) is 18.8. The zero-order valence-corrected chi connectivity index (χ0v) is 15.6. The van der Waals surface area contributed by atoms with Gasteiger partial charge in [0, 0.05) is 37.3 Å². The Kier molecular flexibility index (Phi) is 5.12. The van der Waals surface area contributed by atoms with E-state index >= 15 is 0 Å². The van der Waals surface area contributed by atoms with Crippen LogP contribution in [0.25, 0.3) is 11.3 Å². The van der Waals surface area contributed by atoms with Crippen LogP contribution in [0.3, 0.4) is 0 Å². The average Bonchev–Trinajstić information content (AvgIpc) is 2.69. The summed E-state index contributed by atoms with van der Waals surface area (Å²) in [7, 11) is 1.60. The van der Waals surface area contributed by atoms with Gasteiger partial charge in [0.1, 0.15) is 0 Å². The Hall–Kier alpha value is -2.96. The van der Waals surface area contributed by atoms with Crippen LogP contribution in [0.2, 0.25) is 0 Å². The van der Waals surface area contributed by atoms with Crippen LogP contribution in [0.4, 0.5) is 0 Å². The highest BCUT2D eigenvalue weighted by molar-refractivity contribution is 5.95. The SMILES string of the molecule is CCC1(C(N)=O)CCCN(C(=O)c2ccc(-c3ccc(=O)n(C)n3)cc2)C1. The molecule has 0 aliphatic carbocycles. The van der Waals surface area contributed by atoms with Gasteiger partial charge in [0.2, 0.25) is 5.91 Å². The molecule has 0 saturated carbocycles. The van der Waals surface area contributed by atoms with E-state index in [9.17, 15) is 14.4 Å². The summed E-state index contributed by atoms with van der Waals surface area (Å²) < 4.78 is 1.27. The molecule has 2 heterocycles. The number of benzene rings is 1. The lowest BCUT2D eigenvalue weighted by Crippen LogP contribution is -2.51. The second-order valence-electron chi connectivity index (χ2n) is 7.09. The summed E-state index contributed by atoms with van der Waals surface area (Å²) >= 11 is 0. The van der Waals surface area contributed by atoms with Gasteiger partial charge in [-0.3, -0.25) is 14.4 Å². The van der Waals surface area contributed by atoms with Gasteiger partial charge in [-0.2, -0.15) is 5.10 Å². The minimum Gasteiger partial charge on any atom is -0.369 e. The molecule has 0 bridgehead atoms. The molecule has 0 spiro atoms. The lowest BCUT2D eigenvalue weighted by atomic mass is 9.77. The normalized spacial score (nSPS) is 19.7. The summed E-state index contributed by atoms with van der Waals surface area (Å²) in [6, 6.07) is 10.2. The van der Waals surface area contributed by atoms with Gasteiger partial charge < -0.3 is 10.6 Å². The maximum Gasteiger partial charge on any atom is 0.266 e. The highest BCUT2D eigenvalue weighted by Gasteiger charge is 2.40. The van der Waals surface area contributed by atoms with Crippen LogP contribution in [-0.2, 0) is 11.8 Å². The lowest BCUT2D eigenvalue weighted by Gasteiger charge is -2.40. The molecule has 1 aliphatic heterocycles. The zero-order valence-electron chi connectivity index (χ0n) is 15.6. The van der Waals surface area contributed by atoms with Crippen LogP contribution in [0.15, 0.2) is 41.2 Å². The summed E-state index contributed by atoms with van der Waals surface area (Å²) in [5, 5.41) is 4.21. The van der Waals surface area contributed by atoms with Gasteiger partial charge in [0.05, 0.1) is 11.1 Å². The number of hydrogen-bond acceptors (Lipinski definition) is 4. The fourth-order valence-corrected chi connectivity index (χ4v) is 3.59. The molecule has 7 nitrogen and oxygen atoms in total. The summed E-state index contributed by atoms with van der Waals surface area (Å²) in [6.45, 7) is 2.92. The largest absolute Gasteiger partial charge is 0.369 e. The highest BCUT2D eigenvalue weighted by atomic mass is 16.2. The number of carbonyl (C=O) groups excluding carboxylic acids is 2. The van der Waals surface area contributed by atoms with Gasteiger partial charge in [0.25, 0.3) is 11.5 Å². The number of hydrogen-bond donors (Lipinski definition) is 1. The Morgan fingerprint density at radius 2 is 1.89 bits per heavy atom. The Balaban J connectivity index is 1.80. The molecule has 2 N–H and O–H groups in total. The molecule has 1 saturated heterocycles. The molecule has 1 aromatic heterocycles. The number of nitrogens with two attached hydrogens (primary N) is 1. The van der Waals surface area contributed by atoms with Crippen LogP contribution < -0.4 is 11.3 Å². The summed E-state index contributed by atoms with van der Waals surface area (Å²) in [6.07, 6.45) is 2.12. The maximum absolute atomic E-state index is 12.9. The maximum atomic E-state index is 12.9. The van der Waals surface area contributed by atoms with Crippen LogP contribution >= 0.6 is 0 Å². The fraction of sp³-hybridized carbons (Fsp3) is 0.400. The number of likely N-dealkylation sites (tertiary alicyclic amines) is 1. The first-order valence-corrected chi connectivity index (χ1v) is 9.10. The number of primary amides is 1. The number of aryl methyl sites for hydroxylation is 1. The third-order valence-electron chi connectivity index (χ3n) is 5.45. The standard InChI is InChI=1S/C20H24N4O3/c1-3-20(19(21)27)11-4-12-24(13-20)18(26)15-7-5-14(6-8-15)16-9-10-17(25)23(2)22-16/h5-10H,3-4,11-13H2,1-2H3,(H2,21,27). The molecule has 7 heteroatoms. The molecule has 1 aromatic carbocycles. The van der Waals surface area contributed by atoms with Crippen molar-refractivity contribution in [1.29, 1.82) is 0 Å². The van der Waals surface area contributed by atoms with Crippen LogP contribution in [-0.4, -0.2) is 39.6 Å². The first-order chi connectivity index (χ1) is 12.9. The second-order valence-corrected chi connectivity index (χ2v) is 7.09. The molecule has 3 rings (SSSR count). The van der Waals surface area contributed by atoms with Gasteiger partial charge in [-0.25, -0.2) is 4.68 Å². The zero-order chi connectivity index (χ0) is 19.6. The van der Waals surface area contributed by atoms with E-state index in [1.165, 1.54) is 10.7 Å². The Morgan fingerprint density at radius 1 is 1.19 bits per heavy atom. The van der Waals surface area contributed by atoms with Crippen molar-refractivity contribution < 1.29 is 9.59 Å². The lowest BCUT2D eigenvalue weighted by molar-refractivity contribution is -0.130. The first-order valence-electron chi connectivity index (χ1n) is 9.10. The summed E-state index contributed by atoms with van der Waals surface area (Å²) in [5.41, 5.74) is 6.84. The number of amides is 2. The minimum atomic E-state index is -0.632. The van der Waals surface area contributed by atoms with E-state index in [-0.39, 0.29) is 17.4 Å². The number of aromatic nitrogens is 2. The van der Waals surface area contributed by atoms with E-state index in [1.807, 2.05) is 19.1 Å². The quantitative estimate of drug-likeness (QED) is 0.885. The molecule has 2 amide bonds. The molecule has 1 aliphatic rings. The van der Waals surface area contributed by atoms with Crippen molar-refractivity contribution in [2.75, 3.05) is 13.1 Å². The fourth-order valence-electron chi connectivity index (χ4n) is 3.59. The van der Waals surface area contributed by atoms with E-state index < -0.39 is 5.41 Å². The molecular weight excluding hydrogens is 344 g/mol. The molecule has 142 valence electrons. The van der Waals surface area contributed by atoms with E-state index in [2.05, 4.69) is 5.10 Å². The Labute approximate surface area is 157 Å². The number of rotatable bonds is 4. The van der Waals surface area contributed by atoms with Gasteiger partial charge in [-0.1, -0.05) is 19.1 Å². The smallest absolute Gasteiger partial charge is 0.266 e. The van der Waals surface area contributed by atoms with Gasteiger partial charge >= 0.3 is 0 Å². The van der Waals surface area contributed by atoms with E-state index in [0.717, 1.165) is 18.4 Å². The molecule has 2 aromatic rings. The number of nitrogens with zero attached hydrogens (tertiary/aromatic N) is 3. The van der Waals surface area contributed by atoms with Gasteiger partial charge in [-0.05, 0) is 37.5 Å². The van der Waals surface area contributed by atoms with E-state index in [0.29, 0.717) is 30.8 Å². The number of piperidine rings is 1. The Bertz CT molecular complexity index is 920. The predicted octanol–water partition coefficient (Wildman–Crippen LogP) is 1.56. The molecule has 1 atom stereocenters. The average molecular weight is 368 g/mol. The second kappa shape index (κ2) is 7.34. The van der Waals surface area contributed by atoms with Crippen molar-refractivity contribution in [3.05, 3.63) is 52.3 Å². The van der Waals surface area contributed by atoms with Crippen LogP contribution in [0, 0.1) is 5.41 Å².